The van der Waals surface area contributed by atoms with Crippen LogP contribution in [0.2, 0.25) is 0 Å². The largest absolute Gasteiger partial charge is 0.396 e. The lowest BCUT2D eigenvalue weighted by atomic mass is 9.96. The number of carbonyl (C=O) groups excluding carboxylic acids is 1. The van der Waals surface area contributed by atoms with Crippen molar-refractivity contribution in [3.63, 3.8) is 0 Å². The van der Waals surface area contributed by atoms with Crippen molar-refractivity contribution in [1.82, 2.24) is 4.90 Å². The van der Waals surface area contributed by atoms with Crippen molar-refractivity contribution in [2.75, 3.05) is 13.2 Å². The molecule has 0 radical (unpaired) electrons. The first-order valence-electron chi connectivity index (χ1n) is 6.39. The Morgan fingerprint density at radius 3 is 2.75 bits per heavy atom. The van der Waals surface area contributed by atoms with E-state index in [2.05, 4.69) is 12.2 Å². The van der Waals surface area contributed by atoms with Crippen LogP contribution < -0.4 is 0 Å². The molecular weight excluding hydrogens is 202 g/mol. The topological polar surface area (TPSA) is 40.5 Å². The predicted octanol–water partition coefficient (Wildman–Crippen LogP) is 1.72. The molecule has 2 rings (SSSR count). The molecule has 0 aromatic rings. The van der Waals surface area contributed by atoms with Gasteiger partial charge in [0.2, 0.25) is 5.91 Å². The standard InChI is InChI=1S/C13H21NO2/c15-10-8-12-7-3-4-9-14(12)13(16)11-5-1-2-6-11/h1-2,11-12,15H,3-10H2. The van der Waals surface area contributed by atoms with Gasteiger partial charge in [-0.3, -0.25) is 4.79 Å². The van der Waals surface area contributed by atoms with Crippen molar-refractivity contribution in [2.45, 2.75) is 44.6 Å². The zero-order chi connectivity index (χ0) is 11.4. The highest BCUT2D eigenvalue weighted by Gasteiger charge is 2.31. The van der Waals surface area contributed by atoms with E-state index in [1.54, 1.807) is 0 Å². The summed E-state index contributed by atoms with van der Waals surface area (Å²) in [4.78, 5) is 14.3. The number of amides is 1. The maximum Gasteiger partial charge on any atom is 0.226 e. The summed E-state index contributed by atoms with van der Waals surface area (Å²) in [5.74, 6) is 0.488. The predicted molar refractivity (Wildman–Crippen MR) is 62.9 cm³/mol. The SMILES string of the molecule is O=C(C1CC=CC1)N1CCCCC1CCO. The van der Waals surface area contributed by atoms with Crippen LogP contribution in [0.3, 0.4) is 0 Å². The van der Waals surface area contributed by atoms with E-state index in [9.17, 15) is 4.79 Å². The number of nitrogens with zero attached hydrogens (tertiary/aromatic N) is 1. The number of carbonyl (C=O) groups is 1. The molecular formula is C13H21NO2. The quantitative estimate of drug-likeness (QED) is 0.740. The van der Waals surface area contributed by atoms with E-state index < -0.39 is 0 Å². The molecule has 1 unspecified atom stereocenters. The van der Waals surface area contributed by atoms with Crippen molar-refractivity contribution < 1.29 is 9.90 Å². The van der Waals surface area contributed by atoms with E-state index in [-0.39, 0.29) is 18.6 Å². The first kappa shape index (κ1) is 11.6. The first-order valence-corrected chi connectivity index (χ1v) is 6.39. The second kappa shape index (κ2) is 5.48. The number of aliphatic hydroxyl groups excluding tert-OH is 1. The van der Waals surface area contributed by atoms with Gasteiger partial charge in [-0.15, -0.1) is 0 Å². The van der Waals surface area contributed by atoms with E-state index >= 15 is 0 Å². The van der Waals surface area contributed by atoms with Gasteiger partial charge in [-0.2, -0.15) is 0 Å². The molecule has 1 aliphatic carbocycles. The number of rotatable bonds is 3. The van der Waals surface area contributed by atoms with Crippen LogP contribution in [0.5, 0.6) is 0 Å². The molecule has 1 aliphatic heterocycles. The highest BCUT2D eigenvalue weighted by molar-refractivity contribution is 5.80. The molecule has 0 saturated carbocycles. The third-order valence-electron chi connectivity index (χ3n) is 3.73. The third kappa shape index (κ3) is 2.46. The van der Waals surface area contributed by atoms with Crippen LogP contribution >= 0.6 is 0 Å². The summed E-state index contributed by atoms with van der Waals surface area (Å²) in [5, 5.41) is 9.03. The van der Waals surface area contributed by atoms with E-state index in [1.807, 2.05) is 4.90 Å². The summed E-state index contributed by atoms with van der Waals surface area (Å²) >= 11 is 0. The van der Waals surface area contributed by atoms with Gasteiger partial charge in [-0.05, 0) is 38.5 Å². The summed E-state index contributed by atoms with van der Waals surface area (Å²) in [6.07, 6.45) is 10.1. The normalized spacial score (nSPS) is 26.3. The molecule has 1 N–H and O–H groups in total. The highest BCUT2D eigenvalue weighted by Crippen LogP contribution is 2.26. The lowest BCUT2D eigenvalue weighted by Gasteiger charge is -2.37. The van der Waals surface area contributed by atoms with E-state index in [4.69, 9.17) is 5.11 Å². The number of piperidine rings is 1. The monoisotopic (exact) mass is 223 g/mol. The van der Waals surface area contributed by atoms with Crippen LogP contribution in [0.25, 0.3) is 0 Å². The highest BCUT2D eigenvalue weighted by atomic mass is 16.3. The van der Waals surface area contributed by atoms with Gasteiger partial charge < -0.3 is 10.0 Å². The van der Waals surface area contributed by atoms with Gasteiger partial charge in [-0.1, -0.05) is 12.2 Å². The van der Waals surface area contributed by atoms with Gasteiger partial charge in [0.05, 0.1) is 0 Å². The Balaban J connectivity index is 1.96. The van der Waals surface area contributed by atoms with Crippen molar-refractivity contribution >= 4 is 5.91 Å². The maximum atomic E-state index is 12.3. The molecule has 3 heteroatoms. The van der Waals surface area contributed by atoms with Gasteiger partial charge in [0.15, 0.2) is 0 Å². The molecule has 1 amide bonds. The minimum Gasteiger partial charge on any atom is -0.396 e. The summed E-state index contributed by atoms with van der Waals surface area (Å²) in [6.45, 7) is 1.08. The average molecular weight is 223 g/mol. The Bertz CT molecular complexity index is 265. The van der Waals surface area contributed by atoms with Crippen molar-refractivity contribution in [3.05, 3.63) is 12.2 Å². The number of allylic oxidation sites excluding steroid dienone is 2. The molecule has 0 bridgehead atoms. The van der Waals surface area contributed by atoms with Crippen LogP contribution in [0.1, 0.15) is 38.5 Å². The van der Waals surface area contributed by atoms with Crippen molar-refractivity contribution in [3.8, 4) is 0 Å². The fourth-order valence-corrected chi connectivity index (χ4v) is 2.79. The van der Waals surface area contributed by atoms with E-state index in [0.717, 1.165) is 38.6 Å². The lowest BCUT2D eigenvalue weighted by Crippen LogP contribution is -2.46. The summed E-state index contributed by atoms with van der Waals surface area (Å²) < 4.78 is 0. The second-order valence-electron chi connectivity index (χ2n) is 4.83. The Morgan fingerprint density at radius 2 is 2.06 bits per heavy atom. The number of hydrogen-bond donors (Lipinski definition) is 1. The molecule has 0 aromatic carbocycles. The van der Waals surface area contributed by atoms with Crippen LogP contribution in [0, 0.1) is 5.92 Å². The molecule has 1 atom stereocenters. The molecule has 3 nitrogen and oxygen atoms in total. The van der Waals surface area contributed by atoms with Gasteiger partial charge in [0.25, 0.3) is 0 Å². The molecule has 2 aliphatic rings. The summed E-state index contributed by atoms with van der Waals surface area (Å²) in [7, 11) is 0. The first-order chi connectivity index (χ1) is 7.83. The Labute approximate surface area is 97.1 Å². The zero-order valence-electron chi connectivity index (χ0n) is 9.77. The summed E-state index contributed by atoms with van der Waals surface area (Å²) in [6, 6.07) is 0.284. The Kier molecular flexibility index (Phi) is 3.99. The average Bonchev–Trinajstić information content (AvgIpc) is 2.83. The number of aliphatic hydroxyl groups is 1. The molecule has 0 spiro atoms. The van der Waals surface area contributed by atoms with Crippen LogP contribution in [0.15, 0.2) is 12.2 Å². The van der Waals surface area contributed by atoms with Gasteiger partial charge in [0.1, 0.15) is 0 Å². The third-order valence-corrected chi connectivity index (χ3v) is 3.73. The number of hydrogen-bond acceptors (Lipinski definition) is 2. The molecule has 1 heterocycles. The molecule has 16 heavy (non-hydrogen) atoms. The lowest BCUT2D eigenvalue weighted by molar-refractivity contribution is -0.139. The molecule has 0 aromatic heterocycles. The smallest absolute Gasteiger partial charge is 0.226 e. The fourth-order valence-electron chi connectivity index (χ4n) is 2.79. The zero-order valence-corrected chi connectivity index (χ0v) is 9.77. The number of likely N-dealkylation sites (tertiary alicyclic amines) is 1. The van der Waals surface area contributed by atoms with Crippen LogP contribution in [-0.2, 0) is 4.79 Å². The van der Waals surface area contributed by atoms with E-state index in [1.165, 1.54) is 6.42 Å². The van der Waals surface area contributed by atoms with Crippen molar-refractivity contribution in [2.24, 2.45) is 5.92 Å². The van der Waals surface area contributed by atoms with Gasteiger partial charge in [-0.25, -0.2) is 0 Å². The maximum absolute atomic E-state index is 12.3. The molecule has 1 fully saturated rings. The molecule has 1 saturated heterocycles. The minimum atomic E-state index is 0.180. The van der Waals surface area contributed by atoms with Crippen molar-refractivity contribution in [1.29, 1.82) is 0 Å². The van der Waals surface area contributed by atoms with Crippen LogP contribution in [-0.4, -0.2) is 35.1 Å². The van der Waals surface area contributed by atoms with E-state index in [0.29, 0.717) is 5.91 Å². The van der Waals surface area contributed by atoms with Crippen LogP contribution in [0.4, 0.5) is 0 Å². The minimum absolute atomic E-state index is 0.180. The Morgan fingerprint density at radius 1 is 1.31 bits per heavy atom. The fraction of sp³-hybridized carbons (Fsp3) is 0.769. The van der Waals surface area contributed by atoms with Gasteiger partial charge in [0, 0.05) is 25.1 Å². The summed E-state index contributed by atoms with van der Waals surface area (Å²) in [5.41, 5.74) is 0. The van der Waals surface area contributed by atoms with Gasteiger partial charge >= 0.3 is 0 Å². The molecule has 90 valence electrons. The second-order valence-corrected chi connectivity index (χ2v) is 4.83. The Hall–Kier alpha value is -0.830.